The molecule has 3 aromatic carbocycles. The molecule has 4 heterocycles. The van der Waals surface area contributed by atoms with Crippen LogP contribution in [0.1, 0.15) is 113 Å². The first kappa shape index (κ1) is 37.8. The summed E-state index contributed by atoms with van der Waals surface area (Å²) in [5, 5.41) is 12.5. The summed E-state index contributed by atoms with van der Waals surface area (Å²) in [6.45, 7) is 3.16. The van der Waals surface area contributed by atoms with Gasteiger partial charge in [-0.3, -0.25) is 9.69 Å². The maximum Gasteiger partial charge on any atom is 0.403 e. The summed E-state index contributed by atoms with van der Waals surface area (Å²) in [6, 6.07) is 26.6. The number of aromatic nitrogens is 4. The Kier molecular flexibility index (Phi) is 9.88. The first-order chi connectivity index (χ1) is 27.5. The molecule has 2 aromatic heterocycles. The highest BCUT2D eigenvalue weighted by molar-refractivity contribution is 5.87. The molecule has 3 N–H and O–H groups in total. The highest BCUT2D eigenvalue weighted by Gasteiger charge is 2.70. The lowest BCUT2D eigenvalue weighted by molar-refractivity contribution is -0.199. The fourth-order valence-electron chi connectivity index (χ4n) is 10.2. The van der Waals surface area contributed by atoms with E-state index < -0.39 is 29.3 Å². The molecule has 2 saturated heterocycles. The number of halogens is 3. The third-order valence-corrected chi connectivity index (χ3v) is 13.5. The van der Waals surface area contributed by atoms with Crippen molar-refractivity contribution in [2.75, 3.05) is 13.1 Å². The molecule has 4 aliphatic rings. The molecule has 2 aliphatic carbocycles. The largest absolute Gasteiger partial charge is 0.403 e. The molecule has 5 aromatic rings. The molecule has 9 rings (SSSR count). The van der Waals surface area contributed by atoms with Gasteiger partial charge < -0.3 is 20.0 Å². The van der Waals surface area contributed by atoms with Gasteiger partial charge in [0.15, 0.2) is 0 Å². The van der Waals surface area contributed by atoms with E-state index in [-0.39, 0.29) is 24.8 Å². The lowest BCUT2D eigenvalue weighted by Gasteiger charge is -2.47. The van der Waals surface area contributed by atoms with Crippen LogP contribution in [0.4, 0.5) is 13.2 Å². The molecule has 0 bridgehead atoms. The van der Waals surface area contributed by atoms with Gasteiger partial charge in [-0.1, -0.05) is 98.1 Å². The van der Waals surface area contributed by atoms with Gasteiger partial charge in [-0.2, -0.15) is 13.2 Å². The van der Waals surface area contributed by atoms with Gasteiger partial charge in [0.1, 0.15) is 22.8 Å². The van der Waals surface area contributed by atoms with E-state index in [1.54, 1.807) is 6.20 Å². The minimum Gasteiger partial charge on any atom is -0.375 e. The summed E-state index contributed by atoms with van der Waals surface area (Å²) in [5.41, 5.74) is 3.69. The monoisotopic (exact) mass is 776 g/mol. The fraction of sp³-hybridized carbons (Fsp3) is 0.457. The molecule has 298 valence electrons. The summed E-state index contributed by atoms with van der Waals surface area (Å²) in [4.78, 5) is 33.1. The Bertz CT molecular complexity index is 2170. The highest BCUT2D eigenvalue weighted by Crippen LogP contribution is 2.59. The Balaban J connectivity index is 0.875. The van der Waals surface area contributed by atoms with E-state index in [9.17, 15) is 23.1 Å². The number of alkyl halides is 3. The van der Waals surface area contributed by atoms with Crippen LogP contribution >= 0.6 is 0 Å². The number of carbonyl (C=O) groups excluding carboxylic acids is 1. The van der Waals surface area contributed by atoms with E-state index in [1.807, 2.05) is 37.4 Å². The fourth-order valence-corrected chi connectivity index (χ4v) is 10.2. The van der Waals surface area contributed by atoms with E-state index >= 15 is 0 Å². The molecule has 8 nitrogen and oxygen atoms in total. The van der Waals surface area contributed by atoms with Crippen molar-refractivity contribution in [2.24, 2.45) is 11.3 Å². The minimum absolute atomic E-state index is 0.00359. The average Bonchev–Trinajstić information content (AvgIpc) is 3.73. The van der Waals surface area contributed by atoms with Gasteiger partial charge in [0, 0.05) is 19.0 Å². The second kappa shape index (κ2) is 14.9. The first-order valence-corrected chi connectivity index (χ1v) is 20.8. The number of imidazole rings is 2. The third kappa shape index (κ3) is 7.00. The highest BCUT2D eigenvalue weighted by atomic mass is 19.4. The summed E-state index contributed by atoms with van der Waals surface area (Å²) in [5.74, 6) is 1.07. The van der Waals surface area contributed by atoms with E-state index in [1.165, 1.54) is 29.7 Å². The Morgan fingerprint density at radius 2 is 1.25 bits per heavy atom. The van der Waals surface area contributed by atoms with E-state index in [0.29, 0.717) is 31.1 Å². The zero-order chi connectivity index (χ0) is 39.4. The van der Waals surface area contributed by atoms with Crippen LogP contribution < -0.4 is 0 Å². The Morgan fingerprint density at radius 1 is 0.719 bits per heavy atom. The second-order valence-corrected chi connectivity index (χ2v) is 17.0. The van der Waals surface area contributed by atoms with E-state index in [4.69, 9.17) is 4.98 Å². The SMILES string of the molecule is CC(O)(C(c1ccccc1)C1CCCCC1)N1CCC[C@H]1c1ncc(-c2ccc(-c3ccc(-c4cnc([C@@H]5CCCN5C(=O)C5(C(F)(F)F)CC5)[nH]4)cc3)cc2)[nH]1. The lowest BCUT2D eigenvalue weighted by atomic mass is 9.71. The standard InChI is InChI=1S/C46H51F3N6O2/c1-44(57,40(34-10-4-2-5-11-34)35-12-6-3-7-13-35)55-27-9-15-39(55)42-51-29-37(53-42)33-22-18-31(19-23-33)30-16-20-32(21-17-30)36-28-50-41(52-36)38-14-8-26-54(38)43(56)45(24-25-45)46(47,48)49/h2,4-5,10-11,16-23,28-29,35,38-40,57H,3,6-9,12-15,24-27H2,1H3,(H,50,52)(H,51,53)/t38-,39-,40?,44?/m0/s1. The number of hydrogen-bond donors (Lipinski definition) is 3. The molecular weight excluding hydrogens is 726 g/mol. The number of nitrogens with one attached hydrogen (secondary N) is 2. The van der Waals surface area contributed by atoms with Crippen molar-refractivity contribution in [3.63, 3.8) is 0 Å². The number of aliphatic hydroxyl groups is 1. The molecule has 2 aliphatic heterocycles. The first-order valence-electron chi connectivity index (χ1n) is 20.8. The molecule has 57 heavy (non-hydrogen) atoms. The number of amides is 1. The normalized spacial score (nSPS) is 23.1. The van der Waals surface area contributed by atoms with Crippen molar-refractivity contribution < 1.29 is 23.1 Å². The quantitative estimate of drug-likeness (QED) is 0.131. The second-order valence-electron chi connectivity index (χ2n) is 17.0. The van der Waals surface area contributed by atoms with E-state index in [0.717, 1.165) is 71.7 Å². The van der Waals surface area contributed by atoms with Crippen LogP contribution in [0.25, 0.3) is 33.6 Å². The Morgan fingerprint density at radius 3 is 1.81 bits per heavy atom. The van der Waals surface area contributed by atoms with Gasteiger partial charge in [0.05, 0.1) is 35.9 Å². The van der Waals surface area contributed by atoms with Gasteiger partial charge >= 0.3 is 6.18 Å². The van der Waals surface area contributed by atoms with Crippen LogP contribution in [0.2, 0.25) is 0 Å². The van der Waals surface area contributed by atoms with Crippen molar-refractivity contribution in [3.8, 4) is 33.6 Å². The van der Waals surface area contributed by atoms with Gasteiger partial charge in [-0.15, -0.1) is 0 Å². The smallest absolute Gasteiger partial charge is 0.375 e. The van der Waals surface area contributed by atoms with Crippen molar-refractivity contribution in [2.45, 2.75) is 107 Å². The average molecular weight is 777 g/mol. The van der Waals surface area contributed by atoms with Crippen LogP contribution in [-0.2, 0) is 4.79 Å². The van der Waals surface area contributed by atoms with Crippen LogP contribution in [0.3, 0.4) is 0 Å². The summed E-state index contributed by atoms with van der Waals surface area (Å²) >= 11 is 0. The molecule has 11 heteroatoms. The van der Waals surface area contributed by atoms with Gasteiger partial charge in [-0.05, 0) is 92.0 Å². The van der Waals surface area contributed by atoms with Crippen molar-refractivity contribution >= 4 is 5.91 Å². The number of rotatable bonds is 10. The number of aromatic amines is 2. The number of nitrogens with zero attached hydrogens (tertiary/aromatic N) is 4. The van der Waals surface area contributed by atoms with Gasteiger partial charge in [-0.25, -0.2) is 9.97 Å². The molecule has 2 unspecified atom stereocenters. The van der Waals surface area contributed by atoms with Crippen molar-refractivity contribution in [1.82, 2.24) is 29.7 Å². The zero-order valence-corrected chi connectivity index (χ0v) is 32.4. The Labute approximate surface area is 331 Å². The minimum atomic E-state index is -4.53. The van der Waals surface area contributed by atoms with Crippen LogP contribution in [-0.4, -0.2) is 65.7 Å². The number of hydrogen-bond acceptors (Lipinski definition) is 5. The summed E-state index contributed by atoms with van der Waals surface area (Å²) in [7, 11) is 0. The number of benzene rings is 3. The zero-order valence-electron chi connectivity index (χ0n) is 32.4. The predicted molar refractivity (Wildman–Crippen MR) is 214 cm³/mol. The molecule has 2 saturated carbocycles. The molecular formula is C46H51F3N6O2. The third-order valence-electron chi connectivity index (χ3n) is 13.5. The molecule has 0 spiro atoms. The van der Waals surface area contributed by atoms with Gasteiger partial charge in [0.25, 0.3) is 0 Å². The Hall–Kier alpha value is -4.74. The van der Waals surface area contributed by atoms with Crippen molar-refractivity contribution in [3.05, 3.63) is 108 Å². The number of H-pyrrole nitrogens is 2. The predicted octanol–water partition coefficient (Wildman–Crippen LogP) is 10.3. The lowest BCUT2D eigenvalue weighted by Crippen LogP contribution is -2.52. The van der Waals surface area contributed by atoms with Crippen LogP contribution in [0.15, 0.2) is 91.3 Å². The van der Waals surface area contributed by atoms with Crippen LogP contribution in [0, 0.1) is 11.3 Å². The molecule has 4 atom stereocenters. The molecule has 1 amide bonds. The number of likely N-dealkylation sites (tertiary alicyclic amines) is 2. The van der Waals surface area contributed by atoms with Crippen molar-refractivity contribution in [1.29, 1.82) is 0 Å². The van der Waals surface area contributed by atoms with E-state index in [2.05, 4.69) is 74.4 Å². The topological polar surface area (TPSA) is 101 Å². The van der Waals surface area contributed by atoms with Gasteiger partial charge in [0.2, 0.25) is 5.91 Å². The summed E-state index contributed by atoms with van der Waals surface area (Å²) in [6.07, 6.45) is 7.97. The summed E-state index contributed by atoms with van der Waals surface area (Å²) < 4.78 is 41.2. The maximum absolute atomic E-state index is 13.7. The molecule has 4 fully saturated rings. The van der Waals surface area contributed by atoms with Crippen LogP contribution in [0.5, 0.6) is 0 Å². The number of carbonyl (C=O) groups is 1. The maximum atomic E-state index is 13.7. The molecule has 0 radical (unpaired) electrons.